The summed E-state index contributed by atoms with van der Waals surface area (Å²) in [6.45, 7) is 2.36. The lowest BCUT2D eigenvalue weighted by Gasteiger charge is -2.06. The van der Waals surface area contributed by atoms with Gasteiger partial charge in [-0.25, -0.2) is 4.79 Å². The van der Waals surface area contributed by atoms with Crippen LogP contribution in [-0.4, -0.2) is 25.7 Å². The van der Waals surface area contributed by atoms with Crippen LogP contribution in [0.25, 0.3) is 0 Å². The third kappa shape index (κ3) is 5.43. The minimum atomic E-state index is -0.376. The molecule has 0 aromatic heterocycles. The van der Waals surface area contributed by atoms with Crippen molar-refractivity contribution in [3.05, 3.63) is 34.7 Å². The van der Waals surface area contributed by atoms with Crippen molar-refractivity contribution in [3.8, 4) is 5.75 Å². The van der Waals surface area contributed by atoms with Crippen molar-refractivity contribution in [3.63, 3.8) is 0 Å². The van der Waals surface area contributed by atoms with E-state index in [0.717, 1.165) is 18.4 Å². The van der Waals surface area contributed by atoms with Gasteiger partial charge in [-0.15, -0.1) is 0 Å². The molecule has 1 aromatic carbocycles. The molecular formula is C13H17NO4. The Bertz CT molecular complexity index is 375. The quantitative estimate of drug-likeness (QED) is 0.404. The Morgan fingerprint density at radius 3 is 2.61 bits per heavy atom. The zero-order chi connectivity index (χ0) is 13.2. The molecule has 0 aliphatic carbocycles. The molecule has 0 heterocycles. The van der Waals surface area contributed by atoms with Crippen LogP contribution in [0.4, 0.5) is 0 Å². The second kappa shape index (κ2) is 8.22. The van der Waals surface area contributed by atoms with Crippen molar-refractivity contribution in [2.24, 2.45) is 5.18 Å². The molecule has 0 radical (unpaired) electrons. The zero-order valence-electron chi connectivity index (χ0n) is 10.4. The SMILES string of the molecule is CCOC(=O)COc1ccc(CCCN=O)cc1. The number of esters is 1. The lowest BCUT2D eigenvalue weighted by molar-refractivity contribution is -0.145. The van der Waals surface area contributed by atoms with Gasteiger partial charge in [0.2, 0.25) is 0 Å². The molecule has 5 nitrogen and oxygen atoms in total. The monoisotopic (exact) mass is 251 g/mol. The molecular weight excluding hydrogens is 234 g/mol. The van der Waals surface area contributed by atoms with Crippen LogP contribution in [0.15, 0.2) is 29.4 Å². The first kappa shape index (κ1) is 14.2. The third-order valence-electron chi connectivity index (χ3n) is 2.30. The topological polar surface area (TPSA) is 65.0 Å². The molecule has 5 heteroatoms. The zero-order valence-corrected chi connectivity index (χ0v) is 10.4. The number of hydrogen-bond donors (Lipinski definition) is 0. The first-order valence-corrected chi connectivity index (χ1v) is 5.92. The average molecular weight is 251 g/mol. The van der Waals surface area contributed by atoms with Crippen molar-refractivity contribution in [1.82, 2.24) is 0 Å². The number of aryl methyl sites for hydroxylation is 1. The van der Waals surface area contributed by atoms with Crippen LogP contribution in [0.2, 0.25) is 0 Å². The molecule has 0 bridgehead atoms. The minimum Gasteiger partial charge on any atom is -0.482 e. The molecule has 0 atom stereocenters. The summed E-state index contributed by atoms with van der Waals surface area (Å²) in [5.41, 5.74) is 1.11. The molecule has 0 unspecified atom stereocenters. The van der Waals surface area contributed by atoms with Crippen LogP contribution in [-0.2, 0) is 16.0 Å². The molecule has 0 amide bonds. The average Bonchev–Trinajstić information content (AvgIpc) is 2.38. The Kier molecular flexibility index (Phi) is 6.46. The summed E-state index contributed by atoms with van der Waals surface area (Å²) in [5, 5.41) is 2.81. The molecule has 0 fully saturated rings. The summed E-state index contributed by atoms with van der Waals surface area (Å²) in [6, 6.07) is 7.41. The van der Waals surface area contributed by atoms with Gasteiger partial charge in [0.05, 0.1) is 13.2 Å². The largest absolute Gasteiger partial charge is 0.482 e. The standard InChI is InChI=1S/C13H17NO4/c1-2-17-13(15)10-18-12-7-5-11(6-8-12)4-3-9-14-16/h5-8H,2-4,9-10H2,1H3. The van der Waals surface area contributed by atoms with E-state index in [9.17, 15) is 9.70 Å². The second-order valence-electron chi connectivity index (χ2n) is 3.69. The van der Waals surface area contributed by atoms with Crippen molar-refractivity contribution < 1.29 is 14.3 Å². The number of ether oxygens (including phenoxy) is 2. The van der Waals surface area contributed by atoms with Gasteiger partial charge in [0, 0.05) is 0 Å². The highest BCUT2D eigenvalue weighted by Crippen LogP contribution is 2.13. The molecule has 0 N–H and O–H groups in total. The first-order valence-electron chi connectivity index (χ1n) is 5.92. The lowest BCUT2D eigenvalue weighted by atomic mass is 10.1. The van der Waals surface area contributed by atoms with Crippen molar-refractivity contribution in [2.45, 2.75) is 19.8 Å². The second-order valence-corrected chi connectivity index (χ2v) is 3.69. The predicted octanol–water partition coefficient (Wildman–Crippen LogP) is 2.33. The number of hydrogen-bond acceptors (Lipinski definition) is 5. The van der Waals surface area contributed by atoms with E-state index in [4.69, 9.17) is 9.47 Å². The normalized spacial score (nSPS) is 9.83. The third-order valence-corrected chi connectivity index (χ3v) is 2.30. The molecule has 18 heavy (non-hydrogen) atoms. The van der Waals surface area contributed by atoms with E-state index in [1.54, 1.807) is 19.1 Å². The molecule has 1 aromatic rings. The fourth-order valence-electron chi connectivity index (χ4n) is 1.44. The number of carbonyl (C=O) groups excluding carboxylic acids is 1. The maximum Gasteiger partial charge on any atom is 0.344 e. The Morgan fingerprint density at radius 2 is 2.00 bits per heavy atom. The maximum absolute atomic E-state index is 11.1. The number of nitrogens with zero attached hydrogens (tertiary/aromatic N) is 1. The highest BCUT2D eigenvalue weighted by Gasteiger charge is 2.02. The van der Waals surface area contributed by atoms with Gasteiger partial charge in [0.1, 0.15) is 5.75 Å². The van der Waals surface area contributed by atoms with Gasteiger partial charge in [0.15, 0.2) is 6.61 Å². The summed E-state index contributed by atoms with van der Waals surface area (Å²) >= 11 is 0. The molecule has 0 spiro atoms. The minimum absolute atomic E-state index is 0.0811. The van der Waals surface area contributed by atoms with Gasteiger partial charge in [-0.3, -0.25) is 0 Å². The van der Waals surface area contributed by atoms with E-state index in [2.05, 4.69) is 5.18 Å². The summed E-state index contributed by atoms with van der Waals surface area (Å²) < 4.78 is 10.0. The number of benzene rings is 1. The van der Waals surface area contributed by atoms with Crippen LogP contribution in [0, 0.1) is 4.91 Å². The highest BCUT2D eigenvalue weighted by atomic mass is 16.6. The first-order chi connectivity index (χ1) is 8.76. The molecule has 0 aliphatic rings. The Hall–Kier alpha value is -1.91. The number of carbonyl (C=O) groups is 1. The van der Waals surface area contributed by atoms with Crippen molar-refractivity contribution in [1.29, 1.82) is 0 Å². The van der Waals surface area contributed by atoms with E-state index in [1.165, 1.54) is 0 Å². The summed E-state index contributed by atoms with van der Waals surface area (Å²) in [6.07, 6.45) is 1.55. The van der Waals surface area contributed by atoms with Gasteiger partial charge in [-0.1, -0.05) is 17.3 Å². The Balaban J connectivity index is 2.35. The Labute approximate surface area is 106 Å². The Morgan fingerprint density at radius 1 is 1.28 bits per heavy atom. The van der Waals surface area contributed by atoms with Crippen LogP contribution in [0.5, 0.6) is 5.75 Å². The molecule has 98 valence electrons. The van der Waals surface area contributed by atoms with Crippen LogP contribution in [0.3, 0.4) is 0 Å². The number of nitroso groups, excluding NO2 is 1. The van der Waals surface area contributed by atoms with Gasteiger partial charge in [-0.2, -0.15) is 4.91 Å². The highest BCUT2D eigenvalue weighted by molar-refractivity contribution is 5.71. The van der Waals surface area contributed by atoms with E-state index >= 15 is 0 Å². The van der Waals surface area contributed by atoms with E-state index < -0.39 is 0 Å². The van der Waals surface area contributed by atoms with Crippen LogP contribution < -0.4 is 4.74 Å². The molecule has 0 saturated heterocycles. The van der Waals surface area contributed by atoms with Crippen LogP contribution in [0.1, 0.15) is 18.9 Å². The van der Waals surface area contributed by atoms with Gasteiger partial charge < -0.3 is 9.47 Å². The fourth-order valence-corrected chi connectivity index (χ4v) is 1.44. The lowest BCUT2D eigenvalue weighted by Crippen LogP contribution is -2.14. The van der Waals surface area contributed by atoms with Gasteiger partial charge in [-0.05, 0) is 37.5 Å². The smallest absolute Gasteiger partial charge is 0.344 e. The summed E-state index contributed by atoms with van der Waals surface area (Å²) in [5.74, 6) is 0.249. The summed E-state index contributed by atoms with van der Waals surface area (Å²) in [4.78, 5) is 21.0. The fraction of sp³-hybridized carbons (Fsp3) is 0.462. The van der Waals surface area contributed by atoms with E-state index in [1.807, 2.05) is 12.1 Å². The van der Waals surface area contributed by atoms with Crippen LogP contribution >= 0.6 is 0 Å². The van der Waals surface area contributed by atoms with Gasteiger partial charge >= 0.3 is 5.97 Å². The molecule has 0 saturated carbocycles. The van der Waals surface area contributed by atoms with Crippen molar-refractivity contribution >= 4 is 5.97 Å². The van der Waals surface area contributed by atoms with Gasteiger partial charge in [0.25, 0.3) is 0 Å². The maximum atomic E-state index is 11.1. The van der Waals surface area contributed by atoms with Crippen molar-refractivity contribution in [2.75, 3.05) is 19.8 Å². The number of rotatable bonds is 8. The summed E-state index contributed by atoms with van der Waals surface area (Å²) in [7, 11) is 0. The molecule has 1 rings (SSSR count). The molecule has 0 aliphatic heterocycles. The predicted molar refractivity (Wildman–Crippen MR) is 67.6 cm³/mol. The van der Waals surface area contributed by atoms with E-state index in [0.29, 0.717) is 18.9 Å². The van der Waals surface area contributed by atoms with E-state index in [-0.39, 0.29) is 12.6 Å².